The predicted molar refractivity (Wildman–Crippen MR) is 143 cm³/mol. The number of nitrogens with two attached hydrogens (primary N) is 1. The van der Waals surface area contributed by atoms with Crippen molar-refractivity contribution in [1.82, 2.24) is 24.7 Å². The molecular formula is C26H32FN7OSi. The van der Waals surface area contributed by atoms with Crippen LogP contribution in [-0.4, -0.2) is 39.4 Å². The first kappa shape index (κ1) is 25.5. The predicted octanol–water partition coefficient (Wildman–Crippen LogP) is 5.66. The molecule has 4 aromatic rings. The SMILES string of the molecule is CC(c1ccc(F)cc1)c1c(-c2ccn(COCC[Si](C)(C)C)n2)cc(Nc2cnccn2)nc1N. The van der Waals surface area contributed by atoms with Crippen molar-refractivity contribution >= 4 is 25.5 Å². The Labute approximate surface area is 211 Å². The minimum atomic E-state index is -1.16. The number of hydrogen-bond donors (Lipinski definition) is 2. The van der Waals surface area contributed by atoms with Crippen LogP contribution in [0.5, 0.6) is 0 Å². The van der Waals surface area contributed by atoms with Gasteiger partial charge in [0.05, 0.1) is 11.9 Å². The van der Waals surface area contributed by atoms with Gasteiger partial charge < -0.3 is 15.8 Å². The van der Waals surface area contributed by atoms with Crippen LogP contribution in [0.15, 0.2) is 61.2 Å². The Morgan fingerprint density at radius 1 is 1.11 bits per heavy atom. The number of halogens is 1. The number of hydrogen-bond acceptors (Lipinski definition) is 7. The summed E-state index contributed by atoms with van der Waals surface area (Å²) in [5, 5.41) is 7.92. The molecule has 3 aromatic heterocycles. The minimum Gasteiger partial charge on any atom is -0.383 e. The molecule has 36 heavy (non-hydrogen) atoms. The fraction of sp³-hybridized carbons (Fsp3) is 0.308. The minimum absolute atomic E-state index is 0.142. The number of anilines is 3. The lowest BCUT2D eigenvalue weighted by Gasteiger charge is -2.19. The number of nitrogen functional groups attached to an aromatic ring is 1. The first-order valence-electron chi connectivity index (χ1n) is 11.9. The Balaban J connectivity index is 1.67. The molecule has 1 unspecified atom stereocenters. The number of ether oxygens (including phenoxy) is 1. The molecule has 0 spiro atoms. The van der Waals surface area contributed by atoms with Gasteiger partial charge in [-0.1, -0.05) is 38.7 Å². The summed E-state index contributed by atoms with van der Waals surface area (Å²) in [5.74, 6) is 1.01. The highest BCUT2D eigenvalue weighted by Gasteiger charge is 2.21. The number of aromatic nitrogens is 5. The van der Waals surface area contributed by atoms with Crippen LogP contribution in [-0.2, 0) is 11.5 Å². The van der Waals surface area contributed by atoms with Gasteiger partial charge >= 0.3 is 0 Å². The van der Waals surface area contributed by atoms with Crippen molar-refractivity contribution in [2.24, 2.45) is 0 Å². The Morgan fingerprint density at radius 2 is 1.89 bits per heavy atom. The van der Waals surface area contributed by atoms with E-state index >= 15 is 0 Å². The van der Waals surface area contributed by atoms with Crippen molar-refractivity contribution in [2.45, 2.75) is 45.3 Å². The summed E-state index contributed by atoms with van der Waals surface area (Å²) in [4.78, 5) is 12.9. The molecule has 3 N–H and O–H groups in total. The van der Waals surface area contributed by atoms with E-state index < -0.39 is 8.07 Å². The maximum atomic E-state index is 13.6. The lowest BCUT2D eigenvalue weighted by Crippen LogP contribution is -2.22. The van der Waals surface area contributed by atoms with Gasteiger partial charge in [0.25, 0.3) is 0 Å². The monoisotopic (exact) mass is 505 g/mol. The molecular weight excluding hydrogens is 473 g/mol. The zero-order chi connectivity index (χ0) is 25.7. The molecule has 0 saturated heterocycles. The average molecular weight is 506 g/mol. The second kappa shape index (κ2) is 11.0. The van der Waals surface area contributed by atoms with Gasteiger partial charge in [-0.15, -0.1) is 0 Å². The molecule has 3 heterocycles. The summed E-state index contributed by atoms with van der Waals surface area (Å²) >= 11 is 0. The van der Waals surface area contributed by atoms with E-state index in [0.717, 1.165) is 28.4 Å². The fourth-order valence-corrected chi connectivity index (χ4v) is 4.59. The molecule has 0 aliphatic heterocycles. The summed E-state index contributed by atoms with van der Waals surface area (Å²) in [7, 11) is -1.16. The second-order valence-corrected chi connectivity index (χ2v) is 15.6. The third-order valence-electron chi connectivity index (χ3n) is 5.85. The van der Waals surface area contributed by atoms with Crippen molar-refractivity contribution in [2.75, 3.05) is 17.7 Å². The smallest absolute Gasteiger partial charge is 0.150 e. The topological polar surface area (TPSA) is 104 Å². The molecule has 0 aliphatic carbocycles. The van der Waals surface area contributed by atoms with Crippen LogP contribution in [0.1, 0.15) is 24.0 Å². The molecule has 1 aromatic carbocycles. The number of pyridine rings is 1. The van der Waals surface area contributed by atoms with Gasteiger partial charge in [-0.05, 0) is 35.9 Å². The summed E-state index contributed by atoms with van der Waals surface area (Å²) in [6, 6.07) is 11.4. The van der Waals surface area contributed by atoms with Crippen LogP contribution >= 0.6 is 0 Å². The van der Waals surface area contributed by atoms with Gasteiger partial charge in [-0.2, -0.15) is 5.10 Å². The quantitative estimate of drug-likeness (QED) is 0.212. The van der Waals surface area contributed by atoms with Gasteiger partial charge in [0, 0.05) is 50.3 Å². The summed E-state index contributed by atoms with van der Waals surface area (Å²) < 4.78 is 21.2. The second-order valence-electron chi connectivity index (χ2n) is 9.93. The maximum Gasteiger partial charge on any atom is 0.150 e. The Hall–Kier alpha value is -3.63. The van der Waals surface area contributed by atoms with E-state index in [-0.39, 0.29) is 11.7 Å². The van der Waals surface area contributed by atoms with Gasteiger partial charge in [0.1, 0.15) is 30.0 Å². The molecule has 0 radical (unpaired) electrons. The van der Waals surface area contributed by atoms with Crippen molar-refractivity contribution in [3.63, 3.8) is 0 Å². The molecule has 0 bridgehead atoms. The van der Waals surface area contributed by atoms with Crippen LogP contribution in [0.4, 0.5) is 21.8 Å². The highest BCUT2D eigenvalue weighted by Crippen LogP contribution is 2.37. The molecule has 0 fully saturated rings. The molecule has 188 valence electrons. The molecule has 0 saturated carbocycles. The molecule has 0 aliphatic rings. The van der Waals surface area contributed by atoms with Crippen LogP contribution < -0.4 is 11.1 Å². The lowest BCUT2D eigenvalue weighted by molar-refractivity contribution is 0.0787. The van der Waals surface area contributed by atoms with E-state index in [1.165, 1.54) is 12.1 Å². The summed E-state index contributed by atoms with van der Waals surface area (Å²) in [5.41, 5.74) is 9.82. The first-order chi connectivity index (χ1) is 17.2. The van der Waals surface area contributed by atoms with Crippen LogP contribution in [0.2, 0.25) is 25.7 Å². The highest BCUT2D eigenvalue weighted by atomic mass is 28.3. The third-order valence-corrected chi connectivity index (χ3v) is 7.55. The molecule has 1 atom stereocenters. The van der Waals surface area contributed by atoms with Gasteiger partial charge in [-0.3, -0.25) is 4.98 Å². The third kappa shape index (κ3) is 6.52. The Bertz CT molecular complexity index is 1290. The number of nitrogens with one attached hydrogen (secondary N) is 1. The normalized spacial score (nSPS) is 12.5. The summed E-state index contributed by atoms with van der Waals surface area (Å²) in [6.07, 6.45) is 6.70. The van der Waals surface area contributed by atoms with Crippen molar-refractivity contribution in [1.29, 1.82) is 0 Å². The lowest BCUT2D eigenvalue weighted by atomic mass is 9.89. The number of benzene rings is 1. The Kier molecular flexibility index (Phi) is 7.75. The first-order valence-corrected chi connectivity index (χ1v) is 15.6. The van der Waals surface area contributed by atoms with Crippen molar-refractivity contribution < 1.29 is 9.13 Å². The van der Waals surface area contributed by atoms with Gasteiger partial charge in [-0.25, -0.2) is 19.0 Å². The van der Waals surface area contributed by atoms with E-state index in [0.29, 0.717) is 30.8 Å². The van der Waals surface area contributed by atoms with E-state index in [9.17, 15) is 4.39 Å². The number of rotatable bonds is 10. The van der Waals surface area contributed by atoms with E-state index in [4.69, 9.17) is 15.6 Å². The van der Waals surface area contributed by atoms with Crippen molar-refractivity contribution in [3.05, 3.63) is 78.1 Å². The maximum absolute atomic E-state index is 13.6. The standard InChI is InChI=1S/C26H32FN7OSi/c1-18(19-5-7-20(27)8-6-19)25-21(15-23(32-26(25)28)31-24-16-29-10-11-30-24)22-9-12-34(33-22)17-35-13-14-36(2,3)4/h5-12,15-16,18H,13-14,17H2,1-4H3,(H3,28,30,31,32). The largest absolute Gasteiger partial charge is 0.383 e. The van der Waals surface area contributed by atoms with Crippen LogP contribution in [0.25, 0.3) is 11.3 Å². The fourth-order valence-electron chi connectivity index (χ4n) is 3.83. The summed E-state index contributed by atoms with van der Waals surface area (Å²) in [6.45, 7) is 10.1. The van der Waals surface area contributed by atoms with Crippen LogP contribution in [0, 0.1) is 5.82 Å². The molecule has 4 rings (SSSR count). The zero-order valence-corrected chi connectivity index (χ0v) is 22.1. The van der Waals surface area contributed by atoms with Crippen LogP contribution in [0.3, 0.4) is 0 Å². The zero-order valence-electron chi connectivity index (χ0n) is 21.1. The number of nitrogens with zero attached hydrogens (tertiary/aromatic N) is 5. The molecule has 10 heteroatoms. The van der Waals surface area contributed by atoms with E-state index in [1.54, 1.807) is 35.4 Å². The highest BCUT2D eigenvalue weighted by molar-refractivity contribution is 6.76. The van der Waals surface area contributed by atoms with Gasteiger partial charge in [0.2, 0.25) is 0 Å². The average Bonchev–Trinajstić information content (AvgIpc) is 3.31. The molecule has 8 nitrogen and oxygen atoms in total. The van der Waals surface area contributed by atoms with E-state index in [1.807, 2.05) is 25.3 Å². The van der Waals surface area contributed by atoms with E-state index in [2.05, 4.69) is 39.9 Å². The van der Waals surface area contributed by atoms with Crippen molar-refractivity contribution in [3.8, 4) is 11.3 Å². The van der Waals surface area contributed by atoms with Gasteiger partial charge in [0.15, 0.2) is 0 Å². The Morgan fingerprint density at radius 3 is 2.58 bits per heavy atom. The molecule has 0 amide bonds.